The van der Waals surface area contributed by atoms with Crippen LogP contribution in [0.25, 0.3) is 11.1 Å². The Kier molecular flexibility index (Phi) is 4.25. The normalized spacial score (nSPS) is 20.7. The van der Waals surface area contributed by atoms with Gasteiger partial charge in [-0.25, -0.2) is 17.5 Å². The molecule has 0 saturated heterocycles. The van der Waals surface area contributed by atoms with E-state index >= 15 is 0 Å². The first-order valence-corrected chi connectivity index (χ1v) is 9.28. The van der Waals surface area contributed by atoms with Crippen LogP contribution in [0, 0.1) is 5.82 Å². The van der Waals surface area contributed by atoms with Crippen molar-refractivity contribution in [3.8, 4) is 11.1 Å². The van der Waals surface area contributed by atoms with Gasteiger partial charge in [0, 0.05) is 12.0 Å². The van der Waals surface area contributed by atoms with Crippen LogP contribution in [0.3, 0.4) is 0 Å². The Hall–Kier alpha value is -1.72. The van der Waals surface area contributed by atoms with Gasteiger partial charge in [-0.05, 0) is 49.1 Å². The van der Waals surface area contributed by atoms with E-state index in [0.29, 0.717) is 0 Å². The lowest BCUT2D eigenvalue weighted by molar-refractivity contribution is 0.571. The van der Waals surface area contributed by atoms with E-state index in [9.17, 15) is 12.8 Å². The lowest BCUT2D eigenvalue weighted by Gasteiger charge is -2.09. The summed E-state index contributed by atoms with van der Waals surface area (Å²) in [6, 6.07) is 14.4. The van der Waals surface area contributed by atoms with E-state index in [0.717, 1.165) is 23.1 Å². The molecule has 0 radical (unpaired) electrons. The summed E-state index contributed by atoms with van der Waals surface area (Å²) in [4.78, 5) is 0. The standard InChI is InChI=1S/C18H20FNO2S/c1-12(2)23(21,22)20-18-11-17(18)14-8-6-13(7-9-14)15-4-3-5-16(19)10-15/h3-10,12,17-18,20H,11H2,1-2H3/t17-,18+/m0/s1. The van der Waals surface area contributed by atoms with Gasteiger partial charge in [-0.1, -0.05) is 36.4 Å². The van der Waals surface area contributed by atoms with Crippen LogP contribution in [-0.2, 0) is 10.0 Å². The third kappa shape index (κ3) is 3.62. The molecule has 1 aliphatic rings. The molecule has 0 amide bonds. The first-order valence-electron chi connectivity index (χ1n) is 7.74. The molecule has 0 spiro atoms. The molecule has 0 heterocycles. The minimum Gasteiger partial charge on any atom is -0.212 e. The summed E-state index contributed by atoms with van der Waals surface area (Å²) in [5, 5.41) is -0.417. The van der Waals surface area contributed by atoms with Crippen LogP contribution >= 0.6 is 0 Å². The maximum absolute atomic E-state index is 13.3. The SMILES string of the molecule is CC(C)S(=O)(=O)N[C@@H]1C[C@H]1c1ccc(-c2cccc(F)c2)cc1. The van der Waals surface area contributed by atoms with Crippen LogP contribution in [0.2, 0.25) is 0 Å². The molecule has 1 fully saturated rings. The van der Waals surface area contributed by atoms with Crippen LogP contribution in [0.5, 0.6) is 0 Å². The second-order valence-electron chi connectivity index (χ2n) is 6.29. The fraction of sp³-hybridized carbons (Fsp3) is 0.333. The second kappa shape index (κ2) is 6.06. The average molecular weight is 333 g/mol. The molecule has 0 unspecified atom stereocenters. The summed E-state index contributed by atoms with van der Waals surface area (Å²) in [6.45, 7) is 3.35. The third-order valence-electron chi connectivity index (χ3n) is 4.22. The maximum Gasteiger partial charge on any atom is 0.214 e. The van der Waals surface area contributed by atoms with Crippen molar-refractivity contribution < 1.29 is 12.8 Å². The highest BCUT2D eigenvalue weighted by Crippen LogP contribution is 2.41. The van der Waals surface area contributed by atoms with Gasteiger partial charge in [0.1, 0.15) is 5.82 Å². The van der Waals surface area contributed by atoms with Gasteiger partial charge in [-0.3, -0.25) is 0 Å². The van der Waals surface area contributed by atoms with Crippen LogP contribution in [-0.4, -0.2) is 19.7 Å². The van der Waals surface area contributed by atoms with Crippen molar-refractivity contribution in [3.63, 3.8) is 0 Å². The van der Waals surface area contributed by atoms with E-state index in [1.165, 1.54) is 12.1 Å². The number of halogens is 1. The summed E-state index contributed by atoms with van der Waals surface area (Å²) in [5.41, 5.74) is 2.90. The van der Waals surface area contributed by atoms with Gasteiger partial charge in [0.15, 0.2) is 0 Å². The Bertz CT molecular complexity index is 800. The van der Waals surface area contributed by atoms with Crippen LogP contribution in [0.15, 0.2) is 48.5 Å². The molecule has 3 rings (SSSR count). The minimum absolute atomic E-state index is 0.0116. The van der Waals surface area contributed by atoms with Gasteiger partial charge in [0.25, 0.3) is 0 Å². The average Bonchev–Trinajstić information content (AvgIpc) is 3.25. The van der Waals surface area contributed by atoms with Crippen molar-refractivity contribution in [2.24, 2.45) is 0 Å². The van der Waals surface area contributed by atoms with Gasteiger partial charge in [-0.2, -0.15) is 0 Å². The summed E-state index contributed by atoms with van der Waals surface area (Å²) in [6.07, 6.45) is 0.825. The molecule has 5 heteroatoms. The second-order valence-corrected chi connectivity index (χ2v) is 8.56. The molecule has 1 saturated carbocycles. The Balaban J connectivity index is 1.70. The fourth-order valence-electron chi connectivity index (χ4n) is 2.63. The third-order valence-corrected chi connectivity index (χ3v) is 6.10. The molecule has 1 aliphatic carbocycles. The van der Waals surface area contributed by atoms with Crippen molar-refractivity contribution in [1.29, 1.82) is 0 Å². The molecular weight excluding hydrogens is 313 g/mol. The summed E-state index contributed by atoms with van der Waals surface area (Å²) in [7, 11) is -3.22. The number of rotatable bonds is 5. The lowest BCUT2D eigenvalue weighted by atomic mass is 10.0. The zero-order chi connectivity index (χ0) is 16.6. The molecule has 0 bridgehead atoms. The van der Waals surface area contributed by atoms with Crippen molar-refractivity contribution in [3.05, 3.63) is 59.9 Å². The fourth-order valence-corrected chi connectivity index (χ4v) is 3.59. The zero-order valence-electron chi connectivity index (χ0n) is 13.2. The molecule has 0 aliphatic heterocycles. The van der Waals surface area contributed by atoms with Crippen LogP contribution in [0.1, 0.15) is 31.7 Å². The van der Waals surface area contributed by atoms with Crippen molar-refractivity contribution in [2.75, 3.05) is 0 Å². The van der Waals surface area contributed by atoms with E-state index < -0.39 is 15.3 Å². The minimum atomic E-state index is -3.22. The highest BCUT2D eigenvalue weighted by molar-refractivity contribution is 7.90. The monoisotopic (exact) mass is 333 g/mol. The van der Waals surface area contributed by atoms with Gasteiger partial charge >= 0.3 is 0 Å². The van der Waals surface area contributed by atoms with Crippen molar-refractivity contribution >= 4 is 10.0 Å². The van der Waals surface area contributed by atoms with E-state index in [2.05, 4.69) is 4.72 Å². The van der Waals surface area contributed by atoms with E-state index in [-0.39, 0.29) is 17.8 Å². The van der Waals surface area contributed by atoms with E-state index in [1.54, 1.807) is 19.9 Å². The molecular formula is C18H20FNO2S. The Labute approximate surface area is 136 Å². The van der Waals surface area contributed by atoms with Gasteiger partial charge in [0.05, 0.1) is 5.25 Å². The quantitative estimate of drug-likeness (QED) is 0.907. The Morgan fingerprint density at radius 3 is 2.39 bits per heavy atom. The van der Waals surface area contributed by atoms with Gasteiger partial charge < -0.3 is 0 Å². The first kappa shape index (κ1) is 16.1. The largest absolute Gasteiger partial charge is 0.214 e. The predicted octanol–water partition coefficient (Wildman–Crippen LogP) is 3.68. The molecule has 1 N–H and O–H groups in total. The van der Waals surface area contributed by atoms with Crippen molar-refractivity contribution in [2.45, 2.75) is 37.5 Å². The molecule has 23 heavy (non-hydrogen) atoms. The predicted molar refractivity (Wildman–Crippen MR) is 90.2 cm³/mol. The topological polar surface area (TPSA) is 46.2 Å². The molecule has 2 atom stereocenters. The molecule has 122 valence electrons. The number of nitrogens with one attached hydrogen (secondary N) is 1. The molecule has 0 aromatic heterocycles. The lowest BCUT2D eigenvalue weighted by Crippen LogP contribution is -2.33. The van der Waals surface area contributed by atoms with E-state index in [1.807, 2.05) is 30.3 Å². The first-order chi connectivity index (χ1) is 10.9. The number of hydrogen-bond acceptors (Lipinski definition) is 2. The zero-order valence-corrected chi connectivity index (χ0v) is 14.0. The molecule has 2 aromatic carbocycles. The molecule has 3 nitrogen and oxygen atoms in total. The summed E-state index contributed by atoms with van der Waals surface area (Å²) < 4.78 is 39.8. The molecule has 2 aromatic rings. The Morgan fingerprint density at radius 1 is 1.09 bits per heavy atom. The van der Waals surface area contributed by atoms with Crippen LogP contribution in [0.4, 0.5) is 4.39 Å². The summed E-state index contributed by atoms with van der Waals surface area (Å²) >= 11 is 0. The maximum atomic E-state index is 13.3. The van der Waals surface area contributed by atoms with Crippen molar-refractivity contribution in [1.82, 2.24) is 4.72 Å². The Morgan fingerprint density at radius 2 is 1.78 bits per heavy atom. The van der Waals surface area contributed by atoms with E-state index in [4.69, 9.17) is 0 Å². The highest BCUT2D eigenvalue weighted by Gasteiger charge is 2.41. The summed E-state index contributed by atoms with van der Waals surface area (Å²) in [5.74, 6) is -0.0259. The van der Waals surface area contributed by atoms with Gasteiger partial charge in [0.2, 0.25) is 10.0 Å². The number of hydrogen-bond donors (Lipinski definition) is 1. The number of sulfonamides is 1. The highest BCUT2D eigenvalue weighted by atomic mass is 32.2. The smallest absolute Gasteiger partial charge is 0.212 e. The van der Waals surface area contributed by atoms with Gasteiger partial charge in [-0.15, -0.1) is 0 Å². The van der Waals surface area contributed by atoms with Crippen LogP contribution < -0.4 is 4.72 Å². The number of benzene rings is 2.